The van der Waals surface area contributed by atoms with Gasteiger partial charge in [0.05, 0.1) is 0 Å². The van der Waals surface area contributed by atoms with Crippen LogP contribution in [0.2, 0.25) is 0 Å². The molecule has 0 saturated heterocycles. The fourth-order valence-electron chi connectivity index (χ4n) is 1.08. The summed E-state index contributed by atoms with van der Waals surface area (Å²) in [7, 11) is 0.230. The minimum absolute atomic E-state index is 0.328. The molecule has 0 saturated carbocycles. The minimum Gasteiger partial charge on any atom is -0.358 e. The first-order valence-electron chi connectivity index (χ1n) is 4.00. The summed E-state index contributed by atoms with van der Waals surface area (Å²) in [4.78, 5) is 12.2. The quantitative estimate of drug-likeness (QED) is 0.477. The normalized spacial score (nSPS) is 11.3. The highest BCUT2D eigenvalue weighted by Gasteiger charge is 2.32. The van der Waals surface area contributed by atoms with Gasteiger partial charge in [0.25, 0.3) is 11.5 Å². The maximum atomic E-state index is 12.6. The second-order valence-electron chi connectivity index (χ2n) is 2.86. The molecule has 1 aromatic heterocycles. The molecular formula is C7H2ClF2N3O4S. The van der Waals surface area contributed by atoms with Gasteiger partial charge in [0.2, 0.25) is 0 Å². The third-order valence-corrected chi connectivity index (χ3v) is 2.96. The second kappa shape index (κ2) is 4.79. The maximum Gasteiger partial charge on any atom is 0.365 e. The number of nitro groups is 1. The van der Waals surface area contributed by atoms with Crippen LogP contribution in [-0.4, -0.2) is 18.3 Å². The summed E-state index contributed by atoms with van der Waals surface area (Å²) in [5.41, 5.74) is -2.12. The van der Waals surface area contributed by atoms with Crippen molar-refractivity contribution < 1.29 is 22.1 Å². The van der Waals surface area contributed by atoms with Crippen LogP contribution in [0.5, 0.6) is 0 Å². The SMILES string of the molecule is N#Cc1c(C(F)F)cc([N+](=O)[O-])nc1S(=O)(=O)Cl. The Morgan fingerprint density at radius 3 is 2.44 bits per heavy atom. The largest absolute Gasteiger partial charge is 0.365 e. The van der Waals surface area contributed by atoms with Crippen LogP contribution in [0.3, 0.4) is 0 Å². The van der Waals surface area contributed by atoms with Gasteiger partial charge in [-0.05, 0) is 9.91 Å². The molecule has 18 heavy (non-hydrogen) atoms. The molecule has 0 aliphatic rings. The topological polar surface area (TPSA) is 114 Å². The molecule has 0 aromatic carbocycles. The average Bonchev–Trinajstić information content (AvgIpc) is 2.25. The number of halogens is 3. The number of hydrogen-bond donors (Lipinski definition) is 0. The molecule has 0 amide bonds. The summed E-state index contributed by atoms with van der Waals surface area (Å²) in [6.07, 6.45) is -3.28. The van der Waals surface area contributed by atoms with E-state index in [2.05, 4.69) is 4.98 Å². The number of hydrogen-bond acceptors (Lipinski definition) is 6. The first kappa shape index (κ1) is 14.2. The molecule has 0 N–H and O–H groups in total. The molecule has 0 aliphatic heterocycles. The van der Waals surface area contributed by atoms with Gasteiger partial charge in [-0.2, -0.15) is 5.26 Å². The molecule has 11 heteroatoms. The molecular weight excluding hydrogens is 296 g/mol. The first-order valence-corrected chi connectivity index (χ1v) is 6.31. The van der Waals surface area contributed by atoms with Crippen LogP contribution < -0.4 is 0 Å². The lowest BCUT2D eigenvalue weighted by Gasteiger charge is -2.03. The molecule has 0 bridgehead atoms. The van der Waals surface area contributed by atoms with Gasteiger partial charge in [0.15, 0.2) is 0 Å². The number of nitriles is 1. The second-order valence-corrected chi connectivity index (χ2v) is 5.34. The number of rotatable bonds is 3. The van der Waals surface area contributed by atoms with E-state index in [1.54, 1.807) is 0 Å². The highest BCUT2D eigenvalue weighted by molar-refractivity contribution is 8.13. The molecule has 0 radical (unpaired) electrons. The smallest absolute Gasteiger partial charge is 0.358 e. The van der Waals surface area contributed by atoms with E-state index in [-0.39, 0.29) is 0 Å². The number of alkyl halides is 2. The van der Waals surface area contributed by atoms with E-state index >= 15 is 0 Å². The highest BCUT2D eigenvalue weighted by atomic mass is 35.7. The van der Waals surface area contributed by atoms with E-state index in [1.807, 2.05) is 0 Å². The summed E-state index contributed by atoms with van der Waals surface area (Å²) in [5, 5.41) is 17.8. The molecule has 0 fully saturated rings. The van der Waals surface area contributed by atoms with Crippen molar-refractivity contribution >= 4 is 25.6 Å². The first-order chi connectivity index (χ1) is 8.18. The van der Waals surface area contributed by atoms with Gasteiger partial charge in [0.1, 0.15) is 11.6 Å². The van der Waals surface area contributed by atoms with Gasteiger partial charge in [-0.25, -0.2) is 17.2 Å². The fourth-order valence-corrected chi connectivity index (χ4v) is 2.03. The Morgan fingerprint density at radius 2 is 2.11 bits per heavy atom. The third-order valence-electron chi connectivity index (χ3n) is 1.77. The molecule has 1 rings (SSSR count). The third kappa shape index (κ3) is 2.69. The summed E-state index contributed by atoms with van der Waals surface area (Å²) >= 11 is 0. The molecule has 7 nitrogen and oxygen atoms in total. The lowest BCUT2D eigenvalue weighted by atomic mass is 10.1. The summed E-state index contributed by atoms with van der Waals surface area (Å²) in [6, 6.07) is 1.52. The van der Waals surface area contributed by atoms with Crippen molar-refractivity contribution in [3.63, 3.8) is 0 Å². The van der Waals surface area contributed by atoms with Crippen molar-refractivity contribution in [2.45, 2.75) is 11.5 Å². The van der Waals surface area contributed by atoms with E-state index in [4.69, 9.17) is 15.9 Å². The van der Waals surface area contributed by atoms with Gasteiger partial charge in [0, 0.05) is 22.3 Å². The Kier molecular flexibility index (Phi) is 3.78. The Morgan fingerprint density at radius 1 is 1.56 bits per heavy atom. The molecule has 96 valence electrons. The van der Waals surface area contributed by atoms with Gasteiger partial charge in [-0.1, -0.05) is 0 Å². The lowest BCUT2D eigenvalue weighted by Crippen LogP contribution is -2.07. The predicted molar refractivity (Wildman–Crippen MR) is 53.6 cm³/mol. The Balaban J connectivity index is 3.80. The number of pyridine rings is 1. The van der Waals surface area contributed by atoms with Crippen molar-refractivity contribution in [3.8, 4) is 6.07 Å². The standard InChI is InChI=1S/C7H2ClF2N3O4S/c8-18(16,17)7-4(2-11)3(6(9)10)1-5(12-7)13(14)15/h1,6H. The van der Waals surface area contributed by atoms with Crippen LogP contribution >= 0.6 is 10.7 Å². The van der Waals surface area contributed by atoms with Crippen LogP contribution in [-0.2, 0) is 9.05 Å². The zero-order valence-electron chi connectivity index (χ0n) is 8.17. The minimum atomic E-state index is -4.66. The highest BCUT2D eigenvalue weighted by Crippen LogP contribution is 2.30. The van der Waals surface area contributed by atoms with Crippen LogP contribution in [0, 0.1) is 21.4 Å². The van der Waals surface area contributed by atoms with Crippen LogP contribution in [0.1, 0.15) is 17.6 Å². The van der Waals surface area contributed by atoms with Gasteiger partial charge < -0.3 is 10.1 Å². The summed E-state index contributed by atoms with van der Waals surface area (Å²) in [6.45, 7) is 0. The number of nitrogens with zero attached hydrogens (tertiary/aromatic N) is 3. The molecule has 1 aromatic rings. The van der Waals surface area contributed by atoms with E-state index in [0.717, 1.165) is 0 Å². The molecule has 0 spiro atoms. The zero-order chi connectivity index (χ0) is 14.1. The van der Waals surface area contributed by atoms with Crippen molar-refractivity contribution in [2.75, 3.05) is 0 Å². The van der Waals surface area contributed by atoms with E-state index in [0.29, 0.717) is 6.07 Å². The zero-order valence-corrected chi connectivity index (χ0v) is 9.74. The van der Waals surface area contributed by atoms with Gasteiger partial charge in [-0.3, -0.25) is 0 Å². The van der Waals surface area contributed by atoms with Crippen LogP contribution in [0.25, 0.3) is 0 Å². The Bertz CT molecular complexity index is 655. The van der Waals surface area contributed by atoms with Crippen molar-refractivity contribution in [1.29, 1.82) is 5.26 Å². The van der Waals surface area contributed by atoms with Gasteiger partial charge >= 0.3 is 14.9 Å². The van der Waals surface area contributed by atoms with Crippen molar-refractivity contribution in [3.05, 3.63) is 27.3 Å². The van der Waals surface area contributed by atoms with Crippen LogP contribution in [0.15, 0.2) is 11.1 Å². The molecule has 0 unspecified atom stereocenters. The van der Waals surface area contributed by atoms with Crippen molar-refractivity contribution in [2.24, 2.45) is 0 Å². The predicted octanol–water partition coefficient (Wildman–Crippen LogP) is 1.73. The maximum absolute atomic E-state index is 12.6. The average molecular weight is 298 g/mol. The monoisotopic (exact) mass is 297 g/mol. The summed E-state index contributed by atoms with van der Waals surface area (Å²) < 4.78 is 47.3. The van der Waals surface area contributed by atoms with Crippen molar-refractivity contribution in [1.82, 2.24) is 4.98 Å². The van der Waals surface area contributed by atoms with Gasteiger partial charge in [-0.15, -0.1) is 0 Å². The molecule has 1 heterocycles. The molecule has 0 atom stereocenters. The van der Waals surface area contributed by atoms with E-state index in [1.165, 1.54) is 6.07 Å². The number of aromatic nitrogens is 1. The van der Waals surface area contributed by atoms with E-state index < -0.39 is 42.4 Å². The Hall–Kier alpha value is -1.86. The Labute approximate surface area is 103 Å². The van der Waals surface area contributed by atoms with E-state index in [9.17, 15) is 27.3 Å². The summed E-state index contributed by atoms with van der Waals surface area (Å²) in [5.74, 6) is -1.14. The fraction of sp³-hybridized carbons (Fsp3) is 0.143. The lowest BCUT2D eigenvalue weighted by molar-refractivity contribution is -0.390. The van der Waals surface area contributed by atoms with Crippen LogP contribution in [0.4, 0.5) is 14.6 Å². The molecule has 0 aliphatic carbocycles.